The highest BCUT2D eigenvalue weighted by Crippen LogP contribution is 2.12. The molecular formula is C18H33N5O2. The zero-order valence-corrected chi connectivity index (χ0v) is 15.7. The van der Waals surface area contributed by atoms with Crippen LogP contribution in [0.1, 0.15) is 38.8 Å². The second kappa shape index (κ2) is 11.1. The average molecular weight is 351 g/mol. The minimum Gasteiger partial charge on any atom is -0.396 e. The summed E-state index contributed by atoms with van der Waals surface area (Å²) in [6, 6.07) is 1.92. The van der Waals surface area contributed by atoms with Crippen molar-refractivity contribution in [3.05, 3.63) is 18.0 Å². The van der Waals surface area contributed by atoms with Gasteiger partial charge in [0.15, 0.2) is 5.96 Å². The summed E-state index contributed by atoms with van der Waals surface area (Å²) in [5.41, 5.74) is 0.987. The molecule has 1 aromatic rings. The van der Waals surface area contributed by atoms with Crippen molar-refractivity contribution in [2.24, 2.45) is 10.9 Å². The Labute approximate surface area is 151 Å². The molecule has 2 rings (SSSR count). The van der Waals surface area contributed by atoms with Gasteiger partial charge in [0.25, 0.3) is 0 Å². The van der Waals surface area contributed by atoms with E-state index in [2.05, 4.69) is 34.1 Å². The highest BCUT2D eigenvalue weighted by Gasteiger charge is 2.20. The summed E-state index contributed by atoms with van der Waals surface area (Å²) in [6.07, 6.45) is 4.72. The first kappa shape index (κ1) is 19.7. The number of aromatic nitrogens is 1. The fourth-order valence-electron chi connectivity index (χ4n) is 3.23. The number of piperazine rings is 1. The lowest BCUT2D eigenvalue weighted by atomic mass is 10.0. The van der Waals surface area contributed by atoms with Crippen molar-refractivity contribution < 1.29 is 9.63 Å². The lowest BCUT2D eigenvalue weighted by molar-refractivity contribution is 0.168. The fraction of sp³-hybridized carbons (Fsp3) is 0.778. The van der Waals surface area contributed by atoms with Crippen molar-refractivity contribution >= 4 is 5.96 Å². The monoisotopic (exact) mass is 351 g/mol. The SMILES string of the molecule is CCCC(CCO)CN=C(NCC)N1CCN(Cc2ccon2)CC1. The van der Waals surface area contributed by atoms with Crippen LogP contribution in [0.5, 0.6) is 0 Å². The predicted octanol–water partition coefficient (Wildman–Crippen LogP) is 1.56. The molecule has 142 valence electrons. The molecule has 1 fully saturated rings. The molecule has 1 unspecified atom stereocenters. The lowest BCUT2D eigenvalue weighted by Gasteiger charge is -2.36. The van der Waals surface area contributed by atoms with Gasteiger partial charge in [-0.15, -0.1) is 0 Å². The van der Waals surface area contributed by atoms with Crippen LogP contribution < -0.4 is 5.32 Å². The van der Waals surface area contributed by atoms with Gasteiger partial charge in [-0.05, 0) is 25.7 Å². The van der Waals surface area contributed by atoms with Crippen LogP contribution in [0.2, 0.25) is 0 Å². The van der Waals surface area contributed by atoms with Gasteiger partial charge >= 0.3 is 0 Å². The third kappa shape index (κ3) is 6.66. The second-order valence-corrected chi connectivity index (χ2v) is 6.62. The molecule has 1 aliphatic heterocycles. The number of aliphatic hydroxyl groups excluding tert-OH is 1. The van der Waals surface area contributed by atoms with Gasteiger partial charge in [-0.25, -0.2) is 0 Å². The zero-order chi connectivity index (χ0) is 17.9. The van der Waals surface area contributed by atoms with Crippen molar-refractivity contribution in [1.82, 2.24) is 20.3 Å². The Morgan fingerprint density at radius 2 is 2.12 bits per heavy atom. The Balaban J connectivity index is 1.86. The third-order valence-electron chi connectivity index (χ3n) is 4.62. The number of rotatable bonds is 9. The van der Waals surface area contributed by atoms with Crippen molar-refractivity contribution in [1.29, 1.82) is 0 Å². The van der Waals surface area contributed by atoms with Crippen LogP contribution >= 0.6 is 0 Å². The van der Waals surface area contributed by atoms with Gasteiger partial charge in [0.05, 0.1) is 5.69 Å². The Morgan fingerprint density at radius 3 is 2.72 bits per heavy atom. The van der Waals surface area contributed by atoms with Crippen molar-refractivity contribution in [3.8, 4) is 0 Å². The van der Waals surface area contributed by atoms with Crippen molar-refractivity contribution in [2.45, 2.75) is 39.7 Å². The van der Waals surface area contributed by atoms with E-state index in [4.69, 9.17) is 9.52 Å². The summed E-state index contributed by atoms with van der Waals surface area (Å²) >= 11 is 0. The third-order valence-corrected chi connectivity index (χ3v) is 4.62. The number of aliphatic imine (C=N–C) groups is 1. The quantitative estimate of drug-likeness (QED) is 0.519. The van der Waals surface area contributed by atoms with E-state index in [1.165, 1.54) is 0 Å². The van der Waals surface area contributed by atoms with Gasteiger partial charge in [0.2, 0.25) is 0 Å². The van der Waals surface area contributed by atoms with E-state index >= 15 is 0 Å². The molecule has 0 spiro atoms. The first-order chi connectivity index (χ1) is 12.3. The Kier molecular flexibility index (Phi) is 8.76. The first-order valence-corrected chi connectivity index (χ1v) is 9.52. The molecule has 2 heterocycles. The molecule has 1 aliphatic rings. The van der Waals surface area contributed by atoms with Crippen LogP contribution in [0.4, 0.5) is 0 Å². The number of nitrogens with zero attached hydrogens (tertiary/aromatic N) is 4. The van der Waals surface area contributed by atoms with Gasteiger partial charge in [-0.3, -0.25) is 9.89 Å². The Bertz CT molecular complexity index is 478. The molecule has 7 nitrogen and oxygen atoms in total. The molecule has 0 amide bonds. The number of nitrogens with one attached hydrogen (secondary N) is 1. The van der Waals surface area contributed by atoms with E-state index in [-0.39, 0.29) is 6.61 Å². The number of guanidine groups is 1. The number of aliphatic hydroxyl groups is 1. The van der Waals surface area contributed by atoms with Crippen molar-refractivity contribution in [2.75, 3.05) is 45.9 Å². The molecule has 7 heteroatoms. The predicted molar refractivity (Wildman–Crippen MR) is 99.4 cm³/mol. The van der Waals surface area contributed by atoms with Crippen LogP contribution in [0, 0.1) is 5.92 Å². The maximum absolute atomic E-state index is 9.22. The zero-order valence-electron chi connectivity index (χ0n) is 15.7. The van der Waals surface area contributed by atoms with E-state index in [1.54, 1.807) is 6.26 Å². The van der Waals surface area contributed by atoms with Crippen LogP contribution in [0.3, 0.4) is 0 Å². The van der Waals surface area contributed by atoms with E-state index in [1.807, 2.05) is 6.07 Å². The van der Waals surface area contributed by atoms with E-state index in [0.717, 1.165) is 76.7 Å². The van der Waals surface area contributed by atoms with Crippen LogP contribution in [0.25, 0.3) is 0 Å². The van der Waals surface area contributed by atoms with Crippen LogP contribution in [-0.2, 0) is 6.54 Å². The normalized spacial score (nSPS) is 17.7. The highest BCUT2D eigenvalue weighted by atomic mass is 16.5. The van der Waals surface area contributed by atoms with Gasteiger partial charge in [-0.2, -0.15) is 0 Å². The minimum absolute atomic E-state index is 0.247. The van der Waals surface area contributed by atoms with E-state index in [9.17, 15) is 5.11 Å². The molecule has 1 atom stereocenters. The summed E-state index contributed by atoms with van der Waals surface area (Å²) in [5, 5.41) is 16.6. The molecule has 0 saturated carbocycles. The molecule has 0 radical (unpaired) electrons. The van der Waals surface area contributed by atoms with Crippen molar-refractivity contribution in [3.63, 3.8) is 0 Å². The molecule has 0 bridgehead atoms. The smallest absolute Gasteiger partial charge is 0.194 e. The first-order valence-electron chi connectivity index (χ1n) is 9.52. The molecule has 1 saturated heterocycles. The minimum atomic E-state index is 0.247. The van der Waals surface area contributed by atoms with Crippen LogP contribution in [-0.4, -0.2) is 71.9 Å². The summed E-state index contributed by atoms with van der Waals surface area (Å²) in [7, 11) is 0. The summed E-state index contributed by atoms with van der Waals surface area (Å²) in [6.45, 7) is 10.9. The fourth-order valence-corrected chi connectivity index (χ4v) is 3.23. The van der Waals surface area contributed by atoms with E-state index < -0.39 is 0 Å². The molecular weight excluding hydrogens is 318 g/mol. The molecule has 0 aromatic carbocycles. The van der Waals surface area contributed by atoms with Gasteiger partial charge in [0, 0.05) is 58.5 Å². The standard InChI is InChI=1S/C18H33N5O2/c1-3-5-16(6-12-24)14-20-18(19-4-2)23-10-8-22(9-11-23)15-17-7-13-25-21-17/h7,13,16,24H,3-6,8-12,14-15H2,1-2H3,(H,19,20). The average Bonchev–Trinajstić information content (AvgIpc) is 3.12. The maximum Gasteiger partial charge on any atom is 0.194 e. The Hall–Kier alpha value is -1.60. The highest BCUT2D eigenvalue weighted by molar-refractivity contribution is 5.80. The van der Waals surface area contributed by atoms with Crippen LogP contribution in [0.15, 0.2) is 21.8 Å². The summed E-state index contributed by atoms with van der Waals surface area (Å²) in [5.74, 6) is 1.47. The summed E-state index contributed by atoms with van der Waals surface area (Å²) in [4.78, 5) is 9.58. The molecule has 2 N–H and O–H groups in total. The van der Waals surface area contributed by atoms with Gasteiger partial charge < -0.3 is 19.8 Å². The number of hydrogen-bond donors (Lipinski definition) is 2. The van der Waals surface area contributed by atoms with E-state index in [0.29, 0.717) is 5.92 Å². The Morgan fingerprint density at radius 1 is 1.32 bits per heavy atom. The van der Waals surface area contributed by atoms with Gasteiger partial charge in [0.1, 0.15) is 6.26 Å². The molecule has 1 aromatic heterocycles. The second-order valence-electron chi connectivity index (χ2n) is 6.62. The topological polar surface area (TPSA) is 77.1 Å². The maximum atomic E-state index is 9.22. The molecule has 25 heavy (non-hydrogen) atoms. The van der Waals surface area contributed by atoms with Gasteiger partial charge in [-0.1, -0.05) is 18.5 Å². The molecule has 0 aliphatic carbocycles. The largest absolute Gasteiger partial charge is 0.396 e. The number of hydrogen-bond acceptors (Lipinski definition) is 5. The lowest BCUT2D eigenvalue weighted by Crippen LogP contribution is -2.52. The summed E-state index contributed by atoms with van der Waals surface area (Å²) < 4.78 is 4.91.